The zero-order valence-corrected chi connectivity index (χ0v) is 15.2. The van der Waals surface area contributed by atoms with Gasteiger partial charge in [0.05, 0.1) is 5.52 Å². The predicted octanol–water partition coefficient (Wildman–Crippen LogP) is 5.87. The van der Waals surface area contributed by atoms with E-state index in [4.69, 9.17) is 21.6 Å². The predicted molar refractivity (Wildman–Crippen MR) is 108 cm³/mol. The molecule has 0 unspecified atom stereocenters. The average Bonchev–Trinajstić information content (AvgIpc) is 2.67. The van der Waals surface area contributed by atoms with Gasteiger partial charge in [0.2, 0.25) is 0 Å². The minimum Gasteiger partial charge on any atom is -0.365 e. The summed E-state index contributed by atoms with van der Waals surface area (Å²) >= 11 is 5.97. The van der Waals surface area contributed by atoms with Crippen LogP contribution in [0.15, 0.2) is 72.8 Å². The molecule has 1 N–H and O–H groups in total. The van der Waals surface area contributed by atoms with Crippen LogP contribution in [0.5, 0.6) is 0 Å². The molecular formula is C22H18ClN3. The first-order chi connectivity index (χ1) is 12.7. The highest BCUT2D eigenvalue weighted by Gasteiger charge is 2.09. The molecule has 0 aliphatic carbocycles. The van der Waals surface area contributed by atoms with Gasteiger partial charge in [-0.05, 0) is 42.8 Å². The molecule has 4 aromatic rings. The SMILES string of the molecule is Cc1cccc(-c2nc(NCc3ccc(Cl)cc3)c3ccccc3n2)c1. The zero-order chi connectivity index (χ0) is 17.9. The van der Waals surface area contributed by atoms with Crippen molar-refractivity contribution in [3.05, 3.63) is 88.9 Å². The van der Waals surface area contributed by atoms with Crippen molar-refractivity contribution in [2.45, 2.75) is 13.5 Å². The van der Waals surface area contributed by atoms with E-state index < -0.39 is 0 Å². The largest absolute Gasteiger partial charge is 0.365 e. The van der Waals surface area contributed by atoms with Crippen molar-refractivity contribution < 1.29 is 0 Å². The Morgan fingerprint density at radius 1 is 0.885 bits per heavy atom. The minimum atomic E-state index is 0.672. The molecule has 4 rings (SSSR count). The number of nitrogens with zero attached hydrogens (tertiary/aromatic N) is 2. The van der Waals surface area contributed by atoms with Gasteiger partial charge in [-0.3, -0.25) is 0 Å². The van der Waals surface area contributed by atoms with E-state index in [0.29, 0.717) is 6.54 Å². The van der Waals surface area contributed by atoms with Crippen LogP contribution in [0.25, 0.3) is 22.3 Å². The molecule has 0 atom stereocenters. The number of aromatic nitrogens is 2. The van der Waals surface area contributed by atoms with E-state index in [1.54, 1.807) is 0 Å². The van der Waals surface area contributed by atoms with Gasteiger partial charge in [0.15, 0.2) is 5.82 Å². The van der Waals surface area contributed by atoms with Gasteiger partial charge in [-0.15, -0.1) is 0 Å². The van der Waals surface area contributed by atoms with Crippen molar-refractivity contribution in [2.24, 2.45) is 0 Å². The Hall–Kier alpha value is -2.91. The van der Waals surface area contributed by atoms with Crippen molar-refractivity contribution >= 4 is 28.3 Å². The Bertz CT molecular complexity index is 1060. The Labute approximate surface area is 157 Å². The molecule has 0 fully saturated rings. The number of aryl methyl sites for hydroxylation is 1. The van der Waals surface area contributed by atoms with E-state index in [0.717, 1.165) is 38.7 Å². The smallest absolute Gasteiger partial charge is 0.162 e. The molecule has 0 saturated carbocycles. The molecule has 1 heterocycles. The normalized spacial score (nSPS) is 10.8. The fraction of sp³-hybridized carbons (Fsp3) is 0.0909. The summed E-state index contributed by atoms with van der Waals surface area (Å²) in [7, 11) is 0. The maximum atomic E-state index is 5.97. The fourth-order valence-corrected chi connectivity index (χ4v) is 3.04. The van der Waals surface area contributed by atoms with Gasteiger partial charge in [0.25, 0.3) is 0 Å². The molecule has 0 bridgehead atoms. The summed E-state index contributed by atoms with van der Waals surface area (Å²) in [6, 6.07) is 24.1. The second-order valence-electron chi connectivity index (χ2n) is 6.26. The van der Waals surface area contributed by atoms with Crippen LogP contribution in [0.1, 0.15) is 11.1 Å². The summed E-state index contributed by atoms with van der Waals surface area (Å²) in [6.07, 6.45) is 0. The Morgan fingerprint density at radius 2 is 1.69 bits per heavy atom. The fourth-order valence-electron chi connectivity index (χ4n) is 2.91. The molecule has 26 heavy (non-hydrogen) atoms. The number of anilines is 1. The summed E-state index contributed by atoms with van der Waals surface area (Å²) < 4.78 is 0. The highest BCUT2D eigenvalue weighted by Crippen LogP contribution is 2.25. The molecule has 0 aliphatic rings. The highest BCUT2D eigenvalue weighted by atomic mass is 35.5. The lowest BCUT2D eigenvalue weighted by molar-refractivity contribution is 1.11. The molecule has 0 amide bonds. The number of para-hydroxylation sites is 1. The van der Waals surface area contributed by atoms with Crippen molar-refractivity contribution in [2.75, 3.05) is 5.32 Å². The van der Waals surface area contributed by atoms with Crippen molar-refractivity contribution in [1.29, 1.82) is 0 Å². The second-order valence-corrected chi connectivity index (χ2v) is 6.70. The van der Waals surface area contributed by atoms with Gasteiger partial charge < -0.3 is 5.32 Å². The molecule has 0 radical (unpaired) electrons. The molecule has 128 valence electrons. The van der Waals surface area contributed by atoms with E-state index in [2.05, 4.69) is 24.4 Å². The summed E-state index contributed by atoms with van der Waals surface area (Å²) in [5, 5.41) is 5.20. The first-order valence-corrected chi connectivity index (χ1v) is 8.89. The van der Waals surface area contributed by atoms with Crippen molar-refractivity contribution in [3.63, 3.8) is 0 Å². The van der Waals surface area contributed by atoms with Crippen molar-refractivity contribution in [1.82, 2.24) is 9.97 Å². The minimum absolute atomic E-state index is 0.672. The van der Waals surface area contributed by atoms with E-state index >= 15 is 0 Å². The van der Waals surface area contributed by atoms with Crippen LogP contribution in [-0.4, -0.2) is 9.97 Å². The monoisotopic (exact) mass is 359 g/mol. The first-order valence-electron chi connectivity index (χ1n) is 8.51. The van der Waals surface area contributed by atoms with Crippen LogP contribution in [0, 0.1) is 6.92 Å². The van der Waals surface area contributed by atoms with Crippen LogP contribution < -0.4 is 5.32 Å². The summed E-state index contributed by atoms with van der Waals surface area (Å²) in [6.45, 7) is 2.75. The highest BCUT2D eigenvalue weighted by molar-refractivity contribution is 6.30. The molecule has 1 aromatic heterocycles. The number of nitrogens with one attached hydrogen (secondary N) is 1. The number of halogens is 1. The number of benzene rings is 3. The van der Waals surface area contributed by atoms with Crippen molar-refractivity contribution in [3.8, 4) is 11.4 Å². The number of hydrogen-bond acceptors (Lipinski definition) is 3. The molecule has 0 aliphatic heterocycles. The maximum absolute atomic E-state index is 5.97. The molecule has 0 saturated heterocycles. The van der Waals surface area contributed by atoms with Gasteiger partial charge in [0, 0.05) is 22.5 Å². The maximum Gasteiger partial charge on any atom is 0.162 e. The third-order valence-electron chi connectivity index (χ3n) is 4.25. The lowest BCUT2D eigenvalue weighted by Gasteiger charge is -2.11. The van der Waals surface area contributed by atoms with E-state index in [-0.39, 0.29) is 0 Å². The molecule has 3 nitrogen and oxygen atoms in total. The summed E-state index contributed by atoms with van der Waals surface area (Å²) in [4.78, 5) is 9.54. The Morgan fingerprint density at radius 3 is 2.50 bits per heavy atom. The third-order valence-corrected chi connectivity index (χ3v) is 4.50. The van der Waals surface area contributed by atoms with Gasteiger partial charge in [-0.2, -0.15) is 0 Å². The van der Waals surface area contributed by atoms with Crippen LogP contribution >= 0.6 is 11.6 Å². The number of hydrogen-bond donors (Lipinski definition) is 1. The molecule has 4 heteroatoms. The van der Waals surface area contributed by atoms with Crippen LogP contribution in [-0.2, 0) is 6.54 Å². The number of rotatable bonds is 4. The average molecular weight is 360 g/mol. The zero-order valence-electron chi connectivity index (χ0n) is 14.4. The quantitative estimate of drug-likeness (QED) is 0.495. The third kappa shape index (κ3) is 3.53. The van der Waals surface area contributed by atoms with Gasteiger partial charge in [-0.1, -0.05) is 59.6 Å². The van der Waals surface area contributed by atoms with E-state index in [1.165, 1.54) is 5.56 Å². The van der Waals surface area contributed by atoms with Crippen LogP contribution in [0.2, 0.25) is 5.02 Å². The van der Waals surface area contributed by atoms with Gasteiger partial charge >= 0.3 is 0 Å². The van der Waals surface area contributed by atoms with Crippen LogP contribution in [0.3, 0.4) is 0 Å². The lowest BCUT2D eigenvalue weighted by Crippen LogP contribution is -2.04. The van der Waals surface area contributed by atoms with Gasteiger partial charge in [-0.25, -0.2) is 9.97 Å². The Kier molecular flexibility index (Phi) is 4.55. The molecule has 0 spiro atoms. The topological polar surface area (TPSA) is 37.8 Å². The van der Waals surface area contributed by atoms with Crippen LogP contribution in [0.4, 0.5) is 5.82 Å². The van der Waals surface area contributed by atoms with E-state index in [1.807, 2.05) is 60.7 Å². The first kappa shape index (κ1) is 16.6. The van der Waals surface area contributed by atoms with E-state index in [9.17, 15) is 0 Å². The Balaban J connectivity index is 1.73. The standard InChI is InChI=1S/C22H18ClN3/c1-15-5-4-6-17(13-15)21-25-20-8-3-2-7-19(20)22(26-21)24-14-16-9-11-18(23)12-10-16/h2-13H,14H2,1H3,(H,24,25,26). The second kappa shape index (κ2) is 7.14. The summed E-state index contributed by atoms with van der Waals surface area (Å²) in [5.74, 6) is 1.56. The summed E-state index contributed by atoms with van der Waals surface area (Å²) in [5.41, 5.74) is 4.28. The molecule has 3 aromatic carbocycles. The van der Waals surface area contributed by atoms with Gasteiger partial charge in [0.1, 0.15) is 5.82 Å². The number of fused-ring (bicyclic) bond motifs is 1. The lowest BCUT2D eigenvalue weighted by atomic mass is 10.1. The molecular weight excluding hydrogens is 342 g/mol.